The highest BCUT2D eigenvalue weighted by Crippen LogP contribution is 2.33. The number of rotatable bonds is 20. The van der Waals surface area contributed by atoms with E-state index < -0.39 is 23.3 Å². The predicted molar refractivity (Wildman–Crippen MR) is 213 cm³/mol. The van der Waals surface area contributed by atoms with Gasteiger partial charge < -0.3 is 33.1 Å². The lowest BCUT2D eigenvalue weighted by Crippen LogP contribution is -2.25. The highest BCUT2D eigenvalue weighted by atomic mass is 16.6. The largest absolute Gasteiger partial charge is 0.464 e. The summed E-state index contributed by atoms with van der Waals surface area (Å²) in [4.78, 5) is 45.0. The van der Waals surface area contributed by atoms with Crippen LogP contribution in [0.4, 0.5) is 0 Å². The molecule has 0 spiro atoms. The fraction of sp³-hybridized carbons (Fsp3) is 0.837. The van der Waals surface area contributed by atoms with E-state index in [9.17, 15) is 14.4 Å². The van der Waals surface area contributed by atoms with Gasteiger partial charge in [0.15, 0.2) is 17.8 Å². The summed E-state index contributed by atoms with van der Waals surface area (Å²) in [6.07, 6.45) is 19.0. The van der Waals surface area contributed by atoms with Gasteiger partial charge >= 0.3 is 17.9 Å². The third-order valence-corrected chi connectivity index (χ3v) is 10.3. The molecule has 1 unspecified atom stereocenters. The van der Waals surface area contributed by atoms with Gasteiger partial charge in [0.1, 0.15) is 24.4 Å². The summed E-state index contributed by atoms with van der Waals surface area (Å²) >= 11 is 0. The van der Waals surface area contributed by atoms with Crippen LogP contribution in [0.25, 0.3) is 0 Å². The summed E-state index contributed by atoms with van der Waals surface area (Å²) in [6.45, 7) is 14.6. The molecule has 0 radical (unpaired) electrons. The molecule has 2 aliphatic rings. The Morgan fingerprint density at radius 2 is 1.16 bits per heavy atom. The molecule has 3 atom stereocenters. The third kappa shape index (κ3) is 19.7. The van der Waals surface area contributed by atoms with E-state index in [0.29, 0.717) is 24.2 Å². The van der Waals surface area contributed by atoms with Crippen molar-refractivity contribution < 1.29 is 47.5 Å². The molecule has 2 heterocycles. The van der Waals surface area contributed by atoms with E-state index in [1.165, 1.54) is 70.6 Å². The summed E-state index contributed by atoms with van der Waals surface area (Å²) in [5, 5.41) is 16.9. The van der Waals surface area contributed by atoms with Gasteiger partial charge in [0, 0.05) is 11.8 Å². The zero-order valence-corrected chi connectivity index (χ0v) is 36.1. The van der Waals surface area contributed by atoms with Gasteiger partial charge in [-0.25, -0.2) is 4.79 Å². The Bertz CT molecular complexity index is 1450. The molecular formula is C43H72N4O10. The molecule has 324 valence electrons. The Morgan fingerprint density at radius 1 is 0.719 bits per heavy atom. The van der Waals surface area contributed by atoms with Crippen molar-refractivity contribution in [1.29, 1.82) is 0 Å². The Kier molecular flexibility index (Phi) is 20.6. The summed E-state index contributed by atoms with van der Waals surface area (Å²) in [5.74, 6) is 1.75. The van der Waals surface area contributed by atoms with E-state index in [-0.39, 0.29) is 55.7 Å². The molecule has 1 N–H and O–H groups in total. The minimum Gasteiger partial charge on any atom is -0.464 e. The molecule has 14 nitrogen and oxygen atoms in total. The van der Waals surface area contributed by atoms with E-state index in [0.717, 1.165) is 43.9 Å². The van der Waals surface area contributed by atoms with Crippen LogP contribution in [0.3, 0.4) is 0 Å². The second-order valence-corrected chi connectivity index (χ2v) is 17.8. The van der Waals surface area contributed by atoms with Gasteiger partial charge in [-0.05, 0) is 80.1 Å². The van der Waals surface area contributed by atoms with Gasteiger partial charge in [0.25, 0.3) is 0 Å². The summed E-state index contributed by atoms with van der Waals surface area (Å²) in [7, 11) is 0. The Labute approximate surface area is 340 Å². The van der Waals surface area contributed by atoms with Crippen LogP contribution < -0.4 is 0 Å². The number of esters is 3. The van der Waals surface area contributed by atoms with Crippen molar-refractivity contribution in [3.63, 3.8) is 0 Å². The normalized spacial score (nSPS) is 17.2. The molecule has 2 aromatic rings. The maximum atomic E-state index is 12.5. The lowest BCUT2D eigenvalue weighted by atomic mass is 9.84. The van der Waals surface area contributed by atoms with E-state index in [2.05, 4.69) is 20.3 Å². The van der Waals surface area contributed by atoms with Gasteiger partial charge in [-0.1, -0.05) is 100 Å². The average molecular weight is 805 g/mol. The van der Waals surface area contributed by atoms with Crippen molar-refractivity contribution in [3.8, 4) is 0 Å². The van der Waals surface area contributed by atoms with Crippen LogP contribution in [0.1, 0.15) is 206 Å². The lowest BCUT2D eigenvalue weighted by molar-refractivity contribution is -0.157. The zero-order chi connectivity index (χ0) is 41.8. The van der Waals surface area contributed by atoms with E-state index in [1.54, 1.807) is 13.8 Å². The Hall–Kier alpha value is -3.39. The van der Waals surface area contributed by atoms with Crippen molar-refractivity contribution >= 4 is 17.9 Å². The van der Waals surface area contributed by atoms with E-state index in [1.807, 2.05) is 41.5 Å². The topological polar surface area (TPSA) is 186 Å². The smallest absolute Gasteiger partial charge is 0.334 e. The monoisotopic (exact) mass is 805 g/mol. The molecule has 2 fully saturated rings. The van der Waals surface area contributed by atoms with Gasteiger partial charge in [-0.2, -0.15) is 9.97 Å². The molecule has 2 aromatic heterocycles. The SMILES string of the molecule is CC(C)(C)OC(=O)C[C@@H](CCCC1CCCCC1)c1nc(CO)no1.CCOC(=O)C(C)OCc1noc([C@H](CCCC2CCCCC2)CC(=O)OC(C)(C)C)n1. The number of carbonyl (C=O) groups excluding carboxylic acids is 3. The Morgan fingerprint density at radius 3 is 1.56 bits per heavy atom. The molecule has 14 heteroatoms. The maximum Gasteiger partial charge on any atom is 0.334 e. The number of carbonyl (C=O) groups is 3. The molecule has 0 bridgehead atoms. The van der Waals surface area contributed by atoms with Gasteiger partial charge in [-0.3, -0.25) is 9.59 Å². The van der Waals surface area contributed by atoms with E-state index >= 15 is 0 Å². The fourth-order valence-electron chi connectivity index (χ4n) is 7.57. The lowest BCUT2D eigenvalue weighted by Gasteiger charge is -2.23. The maximum absolute atomic E-state index is 12.5. The third-order valence-electron chi connectivity index (χ3n) is 10.3. The van der Waals surface area contributed by atoms with E-state index in [4.69, 9.17) is 33.1 Å². The average Bonchev–Trinajstić information content (AvgIpc) is 3.83. The van der Waals surface area contributed by atoms with Crippen molar-refractivity contribution in [2.75, 3.05) is 6.61 Å². The van der Waals surface area contributed by atoms with Crippen LogP contribution in [-0.4, -0.2) is 67.2 Å². The summed E-state index contributed by atoms with van der Waals surface area (Å²) in [5.41, 5.74) is -1.05. The van der Waals surface area contributed by atoms with Crippen molar-refractivity contribution in [2.45, 2.75) is 213 Å². The molecule has 0 aromatic carbocycles. The number of aliphatic hydroxyl groups is 1. The number of nitrogens with zero attached hydrogens (tertiary/aromatic N) is 4. The molecule has 2 saturated carbocycles. The van der Waals surface area contributed by atoms with Crippen LogP contribution in [-0.2, 0) is 46.5 Å². The number of aromatic nitrogens is 4. The number of hydrogen-bond donors (Lipinski definition) is 1. The molecule has 0 amide bonds. The first kappa shape index (κ1) is 48.0. The van der Waals surface area contributed by atoms with Crippen LogP contribution in [0.2, 0.25) is 0 Å². The highest BCUT2D eigenvalue weighted by molar-refractivity contribution is 5.74. The molecule has 0 aliphatic heterocycles. The van der Waals surface area contributed by atoms with Gasteiger partial charge in [0.05, 0.1) is 19.4 Å². The van der Waals surface area contributed by atoms with Crippen LogP contribution in [0.5, 0.6) is 0 Å². The highest BCUT2D eigenvalue weighted by Gasteiger charge is 2.28. The summed E-state index contributed by atoms with van der Waals surface area (Å²) in [6, 6.07) is 0. The second-order valence-electron chi connectivity index (χ2n) is 17.8. The first-order valence-electron chi connectivity index (χ1n) is 21.5. The molecule has 57 heavy (non-hydrogen) atoms. The number of aliphatic hydroxyl groups excluding tert-OH is 1. The fourth-order valence-corrected chi connectivity index (χ4v) is 7.57. The number of ether oxygens (including phenoxy) is 4. The predicted octanol–water partition coefficient (Wildman–Crippen LogP) is 9.23. The summed E-state index contributed by atoms with van der Waals surface area (Å²) < 4.78 is 32.1. The Balaban J connectivity index is 0.000000315. The zero-order valence-electron chi connectivity index (χ0n) is 36.1. The molecule has 0 saturated heterocycles. The van der Waals surface area contributed by atoms with Crippen molar-refractivity contribution in [1.82, 2.24) is 20.3 Å². The standard InChI is InChI=1S/C24H40N2O6.C19H32N2O4/c1-6-29-23(28)17(2)30-16-20-25-22(32-26-20)19(15-21(27)31-24(3,4)5)14-10-13-18-11-8-7-9-12-18;1-19(2,3)24-17(23)12-15(18-20-16(13-22)21-25-18)11-7-10-14-8-5-4-6-9-14/h17-19H,6-16H2,1-5H3;14-15,22H,4-13H2,1-3H3/t17?,19-;15-/m11/s1. The quantitative estimate of drug-likeness (QED) is 0.0985. The van der Waals surface area contributed by atoms with Crippen LogP contribution in [0.15, 0.2) is 9.05 Å². The minimum absolute atomic E-state index is 0.0325. The van der Waals surface area contributed by atoms with Crippen molar-refractivity contribution in [3.05, 3.63) is 23.4 Å². The first-order chi connectivity index (χ1) is 27.0. The molecule has 4 rings (SSSR count). The second kappa shape index (κ2) is 24.5. The van der Waals surface area contributed by atoms with Gasteiger partial charge in [0.2, 0.25) is 11.8 Å². The van der Waals surface area contributed by atoms with Crippen LogP contribution in [0, 0.1) is 11.8 Å². The molecule has 2 aliphatic carbocycles. The minimum atomic E-state index is -0.718. The first-order valence-corrected chi connectivity index (χ1v) is 21.5. The van der Waals surface area contributed by atoms with Crippen molar-refractivity contribution in [2.24, 2.45) is 11.8 Å². The number of hydrogen-bond acceptors (Lipinski definition) is 14. The molecular weight excluding hydrogens is 732 g/mol. The van der Waals surface area contributed by atoms with Gasteiger partial charge in [-0.15, -0.1) is 0 Å². The van der Waals surface area contributed by atoms with Crippen LogP contribution >= 0.6 is 0 Å².